The molecule has 1 saturated heterocycles. The number of hydrogen-bond donors (Lipinski definition) is 0. The van der Waals surface area contributed by atoms with Gasteiger partial charge in [-0.3, -0.25) is 4.79 Å². The van der Waals surface area contributed by atoms with Crippen molar-refractivity contribution in [3.63, 3.8) is 0 Å². The monoisotopic (exact) mass is 320 g/mol. The van der Waals surface area contributed by atoms with E-state index in [9.17, 15) is 4.79 Å². The molecular formula is C21H20OS. The highest BCUT2D eigenvalue weighted by Crippen LogP contribution is 2.67. The summed E-state index contributed by atoms with van der Waals surface area (Å²) in [6.45, 7) is 6.30. The van der Waals surface area contributed by atoms with Crippen LogP contribution in [0.5, 0.6) is 0 Å². The van der Waals surface area contributed by atoms with Gasteiger partial charge in [0.1, 0.15) is 0 Å². The van der Waals surface area contributed by atoms with Gasteiger partial charge in [-0.1, -0.05) is 67.6 Å². The number of allylic oxidation sites excluding steroid dienone is 1. The Kier molecular flexibility index (Phi) is 3.28. The lowest BCUT2D eigenvalue weighted by molar-refractivity contribution is 0.0881. The van der Waals surface area contributed by atoms with Gasteiger partial charge in [-0.15, -0.1) is 18.3 Å². The molecule has 116 valence electrons. The van der Waals surface area contributed by atoms with Crippen LogP contribution in [0.4, 0.5) is 0 Å². The molecule has 0 aromatic heterocycles. The lowest BCUT2D eigenvalue weighted by atomic mass is 9.69. The highest BCUT2D eigenvalue weighted by atomic mass is 32.2. The number of rotatable bonds is 3. The van der Waals surface area contributed by atoms with Gasteiger partial charge < -0.3 is 0 Å². The molecule has 2 bridgehead atoms. The molecule has 23 heavy (non-hydrogen) atoms. The molecule has 0 radical (unpaired) electrons. The Morgan fingerprint density at radius 2 is 1.87 bits per heavy atom. The van der Waals surface area contributed by atoms with Crippen LogP contribution in [-0.2, 0) is 6.42 Å². The normalized spacial score (nSPS) is 31.4. The summed E-state index contributed by atoms with van der Waals surface area (Å²) in [6.07, 6.45) is 3.80. The van der Waals surface area contributed by atoms with Gasteiger partial charge >= 0.3 is 0 Å². The van der Waals surface area contributed by atoms with Gasteiger partial charge in [0.2, 0.25) is 0 Å². The molecule has 2 heteroatoms. The predicted octanol–water partition coefficient (Wildman–Crippen LogP) is 5.23. The SMILES string of the molecule is C=CC1(C)C[C@H]2S[C@]1(C(=O)c1ccccc1)Cc1ccccc12. The number of ketones is 1. The molecule has 0 N–H and O–H groups in total. The zero-order chi connectivity index (χ0) is 16.1. The Labute approximate surface area is 141 Å². The summed E-state index contributed by atoms with van der Waals surface area (Å²) in [4.78, 5) is 13.5. The lowest BCUT2D eigenvalue weighted by Gasteiger charge is -2.41. The van der Waals surface area contributed by atoms with E-state index in [1.54, 1.807) is 0 Å². The zero-order valence-corrected chi connectivity index (χ0v) is 14.1. The van der Waals surface area contributed by atoms with E-state index in [1.165, 1.54) is 11.1 Å². The van der Waals surface area contributed by atoms with E-state index >= 15 is 0 Å². The second-order valence-electron chi connectivity index (χ2n) is 6.83. The van der Waals surface area contributed by atoms with Crippen LogP contribution < -0.4 is 0 Å². The summed E-state index contributed by atoms with van der Waals surface area (Å²) in [6, 6.07) is 18.3. The molecular weight excluding hydrogens is 300 g/mol. The predicted molar refractivity (Wildman–Crippen MR) is 96.9 cm³/mol. The van der Waals surface area contributed by atoms with Gasteiger partial charge in [0.25, 0.3) is 0 Å². The third kappa shape index (κ3) is 1.98. The molecule has 2 aliphatic rings. The second-order valence-corrected chi connectivity index (χ2v) is 8.33. The summed E-state index contributed by atoms with van der Waals surface area (Å²) in [5.41, 5.74) is 3.35. The van der Waals surface area contributed by atoms with Crippen LogP contribution in [0.15, 0.2) is 67.3 Å². The average Bonchev–Trinajstić information content (AvgIpc) is 2.85. The third-order valence-electron chi connectivity index (χ3n) is 5.57. The number of benzene rings is 2. The minimum atomic E-state index is -0.435. The molecule has 0 aliphatic carbocycles. The van der Waals surface area contributed by atoms with Gasteiger partial charge in [0, 0.05) is 16.2 Å². The van der Waals surface area contributed by atoms with Crippen LogP contribution in [0.2, 0.25) is 0 Å². The Balaban J connectivity index is 1.88. The molecule has 2 aromatic carbocycles. The number of thioether (sulfide) groups is 1. The summed E-state index contributed by atoms with van der Waals surface area (Å²) in [5.74, 6) is 0.252. The van der Waals surface area contributed by atoms with Crippen molar-refractivity contribution in [1.82, 2.24) is 0 Å². The fourth-order valence-electron chi connectivity index (χ4n) is 4.13. The van der Waals surface area contributed by atoms with Crippen LogP contribution in [0.25, 0.3) is 0 Å². The molecule has 1 unspecified atom stereocenters. The molecule has 0 saturated carbocycles. The van der Waals surface area contributed by atoms with Crippen LogP contribution >= 0.6 is 11.8 Å². The zero-order valence-electron chi connectivity index (χ0n) is 13.3. The van der Waals surface area contributed by atoms with E-state index in [0.29, 0.717) is 5.25 Å². The quantitative estimate of drug-likeness (QED) is 0.568. The molecule has 0 amide bonds. The minimum absolute atomic E-state index is 0.186. The van der Waals surface area contributed by atoms with Gasteiger partial charge in [0.15, 0.2) is 5.78 Å². The van der Waals surface area contributed by atoms with Crippen molar-refractivity contribution < 1.29 is 4.79 Å². The number of carbonyl (C=O) groups is 1. The Bertz CT molecular complexity index is 781. The number of hydrogen-bond acceptors (Lipinski definition) is 2. The lowest BCUT2D eigenvalue weighted by Crippen LogP contribution is -2.48. The first-order valence-electron chi connectivity index (χ1n) is 8.09. The Morgan fingerprint density at radius 3 is 2.61 bits per heavy atom. The Hall–Kier alpha value is -1.80. The van der Waals surface area contributed by atoms with Crippen LogP contribution in [0.1, 0.15) is 40.1 Å². The van der Waals surface area contributed by atoms with Crippen molar-refractivity contribution in [2.45, 2.75) is 29.8 Å². The van der Waals surface area contributed by atoms with E-state index in [2.05, 4.69) is 37.8 Å². The highest BCUT2D eigenvalue weighted by molar-refractivity contribution is 8.02. The van der Waals surface area contributed by atoms with Crippen LogP contribution in [0, 0.1) is 5.41 Å². The van der Waals surface area contributed by atoms with Crippen molar-refractivity contribution >= 4 is 17.5 Å². The molecule has 2 aromatic rings. The van der Waals surface area contributed by atoms with E-state index in [4.69, 9.17) is 0 Å². The fourth-order valence-corrected chi connectivity index (χ4v) is 6.30. The van der Waals surface area contributed by atoms with E-state index < -0.39 is 4.75 Å². The second kappa shape index (κ2) is 5.10. The van der Waals surface area contributed by atoms with E-state index in [1.807, 2.05) is 48.2 Å². The standard InChI is InChI=1S/C21H20OS/c1-3-20(2)14-18-17-12-8-7-11-16(17)13-21(20,23-18)19(22)15-9-5-4-6-10-15/h3-12,18H,1,13-14H2,2H3/t18-,20?,21+/m1/s1. The highest BCUT2D eigenvalue weighted by Gasteiger charge is 2.61. The minimum Gasteiger partial charge on any atom is -0.293 e. The van der Waals surface area contributed by atoms with Crippen molar-refractivity contribution in [3.05, 3.63) is 83.9 Å². The molecule has 3 atom stereocenters. The van der Waals surface area contributed by atoms with Gasteiger partial charge in [-0.05, 0) is 24.0 Å². The van der Waals surface area contributed by atoms with Crippen LogP contribution in [0.3, 0.4) is 0 Å². The molecule has 0 spiro atoms. The largest absolute Gasteiger partial charge is 0.293 e. The molecule has 1 fully saturated rings. The summed E-state index contributed by atoms with van der Waals surface area (Å²) in [7, 11) is 0. The first kappa shape index (κ1) is 14.8. The van der Waals surface area contributed by atoms with E-state index in [0.717, 1.165) is 18.4 Å². The average molecular weight is 320 g/mol. The topological polar surface area (TPSA) is 17.1 Å². The number of carbonyl (C=O) groups excluding carboxylic acids is 1. The molecule has 2 aliphatic heterocycles. The van der Waals surface area contributed by atoms with Crippen molar-refractivity contribution in [2.24, 2.45) is 5.41 Å². The molecule has 1 nitrogen and oxygen atoms in total. The maximum absolute atomic E-state index is 13.5. The number of Topliss-reactive ketones (excluding diaryl/α,β-unsaturated/α-hetero) is 1. The van der Waals surface area contributed by atoms with Crippen molar-refractivity contribution in [3.8, 4) is 0 Å². The summed E-state index contributed by atoms with van der Waals surface area (Å²) in [5, 5.41) is 0.385. The Morgan fingerprint density at radius 1 is 1.17 bits per heavy atom. The molecule has 4 rings (SSSR count). The number of fused-ring (bicyclic) bond motifs is 4. The van der Waals surface area contributed by atoms with Gasteiger partial charge in [-0.25, -0.2) is 0 Å². The van der Waals surface area contributed by atoms with Crippen molar-refractivity contribution in [2.75, 3.05) is 0 Å². The van der Waals surface area contributed by atoms with Gasteiger partial charge in [-0.2, -0.15) is 0 Å². The summed E-state index contributed by atoms with van der Waals surface area (Å²) >= 11 is 1.86. The summed E-state index contributed by atoms with van der Waals surface area (Å²) < 4.78 is -0.435. The maximum atomic E-state index is 13.5. The first-order valence-corrected chi connectivity index (χ1v) is 8.97. The third-order valence-corrected chi connectivity index (χ3v) is 7.47. The van der Waals surface area contributed by atoms with Crippen LogP contribution in [-0.4, -0.2) is 10.5 Å². The van der Waals surface area contributed by atoms with Gasteiger partial charge in [0.05, 0.1) is 4.75 Å². The van der Waals surface area contributed by atoms with E-state index in [-0.39, 0.29) is 11.2 Å². The smallest absolute Gasteiger partial charge is 0.180 e. The molecule has 2 heterocycles. The fraction of sp³-hybridized carbons (Fsp3) is 0.286. The van der Waals surface area contributed by atoms with Crippen molar-refractivity contribution in [1.29, 1.82) is 0 Å². The maximum Gasteiger partial charge on any atom is 0.180 e. The first-order chi connectivity index (χ1) is 11.1.